The Hall–Kier alpha value is -1.75. The number of nitrogens with one attached hydrogen (secondary N) is 2. The Kier molecular flexibility index (Phi) is 4.63. The lowest BCUT2D eigenvalue weighted by Crippen LogP contribution is -2.36. The van der Waals surface area contributed by atoms with Gasteiger partial charge in [0.15, 0.2) is 5.78 Å². The second-order valence-corrected chi connectivity index (χ2v) is 4.69. The van der Waals surface area contributed by atoms with E-state index in [1.165, 1.54) is 24.3 Å². The quantitative estimate of drug-likeness (QED) is 0.787. The average Bonchev–Trinajstić information content (AvgIpc) is 2.89. The summed E-state index contributed by atoms with van der Waals surface area (Å²) >= 11 is 0. The Balaban J connectivity index is 1.76. The molecule has 1 unspecified atom stereocenters. The predicted octanol–water partition coefficient (Wildman–Crippen LogP) is 1.27. The maximum Gasteiger partial charge on any atom is 0.220 e. The summed E-state index contributed by atoms with van der Waals surface area (Å²) in [7, 11) is 0. The van der Waals surface area contributed by atoms with E-state index >= 15 is 0 Å². The highest BCUT2D eigenvalue weighted by molar-refractivity contribution is 5.97. The van der Waals surface area contributed by atoms with Crippen LogP contribution in [0.2, 0.25) is 0 Å². The smallest absolute Gasteiger partial charge is 0.220 e. The molecule has 0 bridgehead atoms. The minimum atomic E-state index is -0.372. The summed E-state index contributed by atoms with van der Waals surface area (Å²) in [5.74, 6) is -0.619. The fourth-order valence-corrected chi connectivity index (χ4v) is 2.08. The van der Waals surface area contributed by atoms with Crippen molar-refractivity contribution in [2.24, 2.45) is 0 Å². The average molecular weight is 264 g/mol. The van der Waals surface area contributed by atoms with E-state index < -0.39 is 0 Å². The van der Waals surface area contributed by atoms with Gasteiger partial charge in [-0.25, -0.2) is 4.39 Å². The normalized spacial score (nSPS) is 18.3. The molecule has 1 heterocycles. The van der Waals surface area contributed by atoms with Crippen molar-refractivity contribution < 1.29 is 14.0 Å². The van der Waals surface area contributed by atoms with Crippen molar-refractivity contribution in [1.29, 1.82) is 0 Å². The Labute approximate surface area is 111 Å². The van der Waals surface area contributed by atoms with E-state index in [-0.39, 0.29) is 36.4 Å². The molecule has 0 radical (unpaired) electrons. The number of halogens is 1. The van der Waals surface area contributed by atoms with Gasteiger partial charge < -0.3 is 10.6 Å². The summed E-state index contributed by atoms with van der Waals surface area (Å²) in [5.41, 5.74) is 0.441. The van der Waals surface area contributed by atoms with Gasteiger partial charge in [0.05, 0.1) is 0 Å². The molecular weight excluding hydrogens is 247 g/mol. The molecular formula is C14H17FN2O2. The lowest BCUT2D eigenvalue weighted by Gasteiger charge is -2.10. The molecule has 0 spiro atoms. The van der Waals surface area contributed by atoms with Crippen molar-refractivity contribution in [3.8, 4) is 0 Å². The largest absolute Gasteiger partial charge is 0.352 e. The van der Waals surface area contributed by atoms with Crippen LogP contribution in [0, 0.1) is 5.82 Å². The molecule has 1 atom stereocenters. The number of carbonyl (C=O) groups excluding carboxylic acids is 2. The molecule has 1 aromatic rings. The Morgan fingerprint density at radius 2 is 2.00 bits per heavy atom. The number of benzene rings is 1. The van der Waals surface area contributed by atoms with Gasteiger partial charge in [0, 0.05) is 31.0 Å². The summed E-state index contributed by atoms with van der Waals surface area (Å²) in [6, 6.07) is 5.55. The number of hydrogen-bond acceptors (Lipinski definition) is 3. The molecule has 1 amide bonds. The summed E-state index contributed by atoms with van der Waals surface area (Å²) in [4.78, 5) is 23.4. The van der Waals surface area contributed by atoms with Crippen LogP contribution >= 0.6 is 0 Å². The first-order chi connectivity index (χ1) is 9.15. The van der Waals surface area contributed by atoms with Crippen molar-refractivity contribution in [3.63, 3.8) is 0 Å². The van der Waals surface area contributed by atoms with Crippen LogP contribution < -0.4 is 10.6 Å². The third kappa shape index (κ3) is 4.13. The van der Waals surface area contributed by atoms with E-state index in [0.29, 0.717) is 5.56 Å². The Morgan fingerprint density at radius 3 is 2.63 bits per heavy atom. The van der Waals surface area contributed by atoms with Crippen LogP contribution in [-0.4, -0.2) is 30.8 Å². The van der Waals surface area contributed by atoms with Crippen LogP contribution in [0.25, 0.3) is 0 Å². The molecule has 1 fully saturated rings. The summed E-state index contributed by atoms with van der Waals surface area (Å²) in [6.45, 7) is 1.71. The molecule has 19 heavy (non-hydrogen) atoms. The second-order valence-electron chi connectivity index (χ2n) is 4.69. The van der Waals surface area contributed by atoms with Crippen LogP contribution in [0.4, 0.5) is 4.39 Å². The van der Waals surface area contributed by atoms with E-state index in [2.05, 4.69) is 10.6 Å². The molecule has 1 aliphatic rings. The first-order valence-corrected chi connectivity index (χ1v) is 6.44. The zero-order valence-electron chi connectivity index (χ0n) is 10.6. The van der Waals surface area contributed by atoms with Crippen molar-refractivity contribution in [2.75, 3.05) is 13.1 Å². The fourth-order valence-electron chi connectivity index (χ4n) is 2.08. The second kappa shape index (κ2) is 6.43. The van der Waals surface area contributed by atoms with Crippen molar-refractivity contribution in [3.05, 3.63) is 35.6 Å². The highest BCUT2D eigenvalue weighted by atomic mass is 19.1. The molecule has 2 N–H and O–H groups in total. The summed E-state index contributed by atoms with van der Waals surface area (Å²) < 4.78 is 12.7. The van der Waals surface area contributed by atoms with Gasteiger partial charge in [-0.05, 0) is 37.2 Å². The number of amides is 1. The van der Waals surface area contributed by atoms with E-state index in [9.17, 15) is 14.0 Å². The van der Waals surface area contributed by atoms with Crippen LogP contribution in [-0.2, 0) is 4.79 Å². The number of carbonyl (C=O) groups is 2. The highest BCUT2D eigenvalue weighted by Gasteiger charge is 2.17. The van der Waals surface area contributed by atoms with Crippen LogP contribution in [0.5, 0.6) is 0 Å². The molecule has 4 nitrogen and oxygen atoms in total. The van der Waals surface area contributed by atoms with Crippen molar-refractivity contribution in [1.82, 2.24) is 10.6 Å². The lowest BCUT2D eigenvalue weighted by atomic mass is 10.1. The van der Waals surface area contributed by atoms with Crippen molar-refractivity contribution >= 4 is 11.7 Å². The zero-order valence-corrected chi connectivity index (χ0v) is 10.6. The lowest BCUT2D eigenvalue weighted by molar-refractivity contribution is -0.121. The Bertz CT molecular complexity index is 453. The first kappa shape index (κ1) is 13.7. The highest BCUT2D eigenvalue weighted by Crippen LogP contribution is 2.07. The third-order valence-corrected chi connectivity index (χ3v) is 3.17. The van der Waals surface area contributed by atoms with Crippen LogP contribution in [0.1, 0.15) is 29.6 Å². The zero-order chi connectivity index (χ0) is 13.7. The van der Waals surface area contributed by atoms with Gasteiger partial charge in [-0.3, -0.25) is 9.59 Å². The maximum absolute atomic E-state index is 12.7. The number of hydrogen-bond donors (Lipinski definition) is 2. The summed E-state index contributed by atoms with van der Waals surface area (Å²) in [5, 5.41) is 6.04. The van der Waals surface area contributed by atoms with E-state index in [1.54, 1.807) is 0 Å². The maximum atomic E-state index is 12.7. The molecule has 2 rings (SSSR count). The molecule has 1 aliphatic heterocycles. The minimum Gasteiger partial charge on any atom is -0.352 e. The monoisotopic (exact) mass is 264 g/mol. The molecule has 102 valence electrons. The number of Topliss-reactive ketones (excluding diaryl/α,β-unsaturated/α-hetero) is 1. The topological polar surface area (TPSA) is 58.2 Å². The van der Waals surface area contributed by atoms with Gasteiger partial charge in [-0.1, -0.05) is 0 Å². The summed E-state index contributed by atoms with van der Waals surface area (Å²) in [6.07, 6.45) is 1.25. The minimum absolute atomic E-state index is 0.107. The molecule has 1 aromatic carbocycles. The van der Waals surface area contributed by atoms with Gasteiger partial charge in [0.2, 0.25) is 5.91 Å². The van der Waals surface area contributed by atoms with E-state index in [1.807, 2.05) is 0 Å². The molecule has 5 heteroatoms. The van der Waals surface area contributed by atoms with Gasteiger partial charge in [0.25, 0.3) is 0 Å². The first-order valence-electron chi connectivity index (χ1n) is 6.44. The molecule has 0 saturated carbocycles. The number of rotatable bonds is 5. The van der Waals surface area contributed by atoms with Crippen LogP contribution in [0.15, 0.2) is 24.3 Å². The number of ketones is 1. The Morgan fingerprint density at radius 1 is 1.26 bits per heavy atom. The molecule has 1 saturated heterocycles. The van der Waals surface area contributed by atoms with Gasteiger partial charge in [-0.2, -0.15) is 0 Å². The standard InChI is InChI=1S/C14H17FN2O2/c15-11-3-1-10(2-4-11)13(18)5-6-14(19)17-12-7-8-16-9-12/h1-4,12,16H,5-9H2,(H,17,19). The predicted molar refractivity (Wildman–Crippen MR) is 69.4 cm³/mol. The van der Waals surface area contributed by atoms with E-state index in [4.69, 9.17) is 0 Å². The third-order valence-electron chi connectivity index (χ3n) is 3.17. The SMILES string of the molecule is O=C(CCC(=O)c1ccc(F)cc1)NC1CCNC1. The van der Waals surface area contributed by atoms with Crippen molar-refractivity contribution in [2.45, 2.75) is 25.3 Å². The van der Waals surface area contributed by atoms with E-state index in [0.717, 1.165) is 19.5 Å². The molecule has 0 aromatic heterocycles. The molecule has 0 aliphatic carbocycles. The fraction of sp³-hybridized carbons (Fsp3) is 0.429. The van der Waals surface area contributed by atoms with Gasteiger partial charge in [0.1, 0.15) is 5.82 Å². The van der Waals surface area contributed by atoms with Gasteiger partial charge >= 0.3 is 0 Å². The van der Waals surface area contributed by atoms with Gasteiger partial charge in [-0.15, -0.1) is 0 Å². The van der Waals surface area contributed by atoms with Crippen LogP contribution in [0.3, 0.4) is 0 Å².